The van der Waals surface area contributed by atoms with Crippen LogP contribution in [0.1, 0.15) is 61.1 Å². The van der Waals surface area contributed by atoms with Gasteiger partial charge in [0.2, 0.25) is 0 Å². The van der Waals surface area contributed by atoms with Gasteiger partial charge in [0.1, 0.15) is 11.6 Å². The molecular weight excluding hydrogens is 336 g/mol. The smallest absolute Gasteiger partial charge is 0.146 e. The molecule has 0 radical (unpaired) electrons. The predicted molar refractivity (Wildman–Crippen MR) is 106 cm³/mol. The molecule has 6 heteroatoms. The van der Waals surface area contributed by atoms with Crippen LogP contribution in [0, 0.1) is 6.92 Å². The molecule has 0 saturated carbocycles. The fraction of sp³-hybridized carbons (Fsp3) is 0.667. The Labute approximate surface area is 162 Å². The summed E-state index contributed by atoms with van der Waals surface area (Å²) in [6.07, 6.45) is 6.41. The third kappa shape index (κ3) is 4.55. The Balaban J connectivity index is 1.40. The van der Waals surface area contributed by atoms with Crippen LogP contribution in [-0.4, -0.2) is 55.7 Å². The summed E-state index contributed by atoms with van der Waals surface area (Å²) in [5.41, 5.74) is 2.26. The van der Waals surface area contributed by atoms with E-state index in [2.05, 4.69) is 61.7 Å². The van der Waals surface area contributed by atoms with Gasteiger partial charge >= 0.3 is 0 Å². The van der Waals surface area contributed by atoms with E-state index in [0.717, 1.165) is 43.5 Å². The molecule has 0 spiro atoms. The highest BCUT2D eigenvalue weighted by molar-refractivity contribution is 5.10. The highest BCUT2D eigenvalue weighted by atomic mass is 15.3. The van der Waals surface area contributed by atoms with E-state index >= 15 is 0 Å². The van der Waals surface area contributed by atoms with Crippen molar-refractivity contribution in [3.05, 3.63) is 41.2 Å². The van der Waals surface area contributed by atoms with Crippen molar-refractivity contribution < 1.29 is 0 Å². The van der Waals surface area contributed by atoms with Gasteiger partial charge in [-0.15, -0.1) is 10.2 Å². The van der Waals surface area contributed by atoms with Crippen LogP contribution in [0.2, 0.25) is 0 Å². The van der Waals surface area contributed by atoms with E-state index in [-0.39, 0.29) is 0 Å². The molecule has 0 N–H and O–H groups in total. The molecule has 2 aliphatic heterocycles. The monoisotopic (exact) mass is 368 g/mol. The van der Waals surface area contributed by atoms with Gasteiger partial charge in [0.25, 0.3) is 0 Å². The van der Waals surface area contributed by atoms with Crippen LogP contribution >= 0.6 is 0 Å². The molecule has 2 aromatic heterocycles. The molecule has 2 aliphatic rings. The zero-order valence-electron chi connectivity index (χ0n) is 16.8. The highest BCUT2D eigenvalue weighted by Gasteiger charge is 2.26. The average molecular weight is 369 g/mol. The van der Waals surface area contributed by atoms with Crippen LogP contribution < -0.4 is 0 Å². The van der Waals surface area contributed by atoms with Crippen molar-refractivity contribution in [3.63, 3.8) is 0 Å². The third-order valence-corrected chi connectivity index (χ3v) is 6.01. The van der Waals surface area contributed by atoms with Crippen molar-refractivity contribution in [1.29, 1.82) is 0 Å². The summed E-state index contributed by atoms with van der Waals surface area (Å²) >= 11 is 0. The minimum Gasteiger partial charge on any atom is -0.317 e. The largest absolute Gasteiger partial charge is 0.317 e. The van der Waals surface area contributed by atoms with Gasteiger partial charge in [0, 0.05) is 31.7 Å². The van der Waals surface area contributed by atoms with Gasteiger partial charge in [-0.3, -0.25) is 14.8 Å². The van der Waals surface area contributed by atoms with Crippen molar-refractivity contribution in [2.75, 3.05) is 26.2 Å². The molecule has 0 amide bonds. The standard InChI is InChI=1S/C21H32N6/c1-17-8-6-10-19(22-17)15-27-13-7-9-18(14-27)21-24-23-20(25(21)2)16-26-11-4-3-5-12-26/h6,8,10,18H,3-5,7,9,11-16H2,1-2H3. The lowest BCUT2D eigenvalue weighted by atomic mass is 9.97. The van der Waals surface area contributed by atoms with E-state index in [9.17, 15) is 0 Å². The lowest BCUT2D eigenvalue weighted by molar-refractivity contribution is 0.192. The minimum atomic E-state index is 0.469. The Morgan fingerprint density at radius 2 is 1.78 bits per heavy atom. The van der Waals surface area contributed by atoms with E-state index in [1.165, 1.54) is 50.9 Å². The summed E-state index contributed by atoms with van der Waals surface area (Å²) < 4.78 is 2.26. The minimum absolute atomic E-state index is 0.469. The molecule has 1 unspecified atom stereocenters. The Morgan fingerprint density at radius 1 is 0.963 bits per heavy atom. The van der Waals surface area contributed by atoms with Crippen LogP contribution in [0.5, 0.6) is 0 Å². The third-order valence-electron chi connectivity index (χ3n) is 6.01. The molecule has 1 atom stereocenters. The van der Waals surface area contributed by atoms with Crippen LogP contribution in [0.15, 0.2) is 18.2 Å². The second kappa shape index (κ2) is 8.48. The van der Waals surface area contributed by atoms with Gasteiger partial charge < -0.3 is 4.57 Å². The van der Waals surface area contributed by atoms with E-state index in [4.69, 9.17) is 0 Å². The molecule has 146 valence electrons. The summed E-state index contributed by atoms with van der Waals surface area (Å²) in [5, 5.41) is 9.15. The number of aromatic nitrogens is 4. The van der Waals surface area contributed by atoms with Crippen molar-refractivity contribution in [2.24, 2.45) is 7.05 Å². The Bertz CT molecular complexity index is 749. The number of piperidine rings is 2. The first kappa shape index (κ1) is 18.6. The van der Waals surface area contributed by atoms with Crippen LogP contribution in [0.25, 0.3) is 0 Å². The Kier molecular flexibility index (Phi) is 5.83. The van der Waals surface area contributed by atoms with E-state index in [1.807, 2.05) is 0 Å². The summed E-state index contributed by atoms with van der Waals surface area (Å²) in [7, 11) is 2.15. The lowest BCUT2D eigenvalue weighted by Crippen LogP contribution is -2.35. The Morgan fingerprint density at radius 3 is 2.59 bits per heavy atom. The fourth-order valence-corrected chi connectivity index (χ4v) is 4.51. The van der Waals surface area contributed by atoms with E-state index < -0.39 is 0 Å². The zero-order valence-corrected chi connectivity index (χ0v) is 16.8. The predicted octanol–water partition coefficient (Wildman–Crippen LogP) is 2.88. The molecule has 6 nitrogen and oxygen atoms in total. The van der Waals surface area contributed by atoms with Gasteiger partial charge in [-0.2, -0.15) is 0 Å². The molecule has 0 aliphatic carbocycles. The normalized spacial score (nSPS) is 22.2. The number of hydrogen-bond donors (Lipinski definition) is 0. The molecule has 27 heavy (non-hydrogen) atoms. The quantitative estimate of drug-likeness (QED) is 0.812. The molecule has 4 heterocycles. The molecule has 0 bridgehead atoms. The maximum absolute atomic E-state index is 4.67. The highest BCUT2D eigenvalue weighted by Crippen LogP contribution is 2.27. The van der Waals surface area contributed by atoms with Gasteiger partial charge in [-0.1, -0.05) is 12.5 Å². The summed E-state index contributed by atoms with van der Waals surface area (Å²) in [4.78, 5) is 9.72. The average Bonchev–Trinajstić information content (AvgIpc) is 3.03. The summed E-state index contributed by atoms with van der Waals surface area (Å²) in [6.45, 7) is 8.51. The van der Waals surface area contributed by atoms with E-state index in [1.54, 1.807) is 0 Å². The number of hydrogen-bond acceptors (Lipinski definition) is 5. The van der Waals surface area contributed by atoms with Gasteiger partial charge in [0.15, 0.2) is 0 Å². The Hall–Kier alpha value is -1.79. The summed E-state index contributed by atoms with van der Waals surface area (Å²) in [6, 6.07) is 6.30. The van der Waals surface area contributed by atoms with E-state index in [0.29, 0.717) is 5.92 Å². The molecule has 2 saturated heterocycles. The number of rotatable bonds is 5. The second-order valence-corrected chi connectivity index (χ2v) is 8.21. The van der Waals surface area contributed by atoms with Crippen LogP contribution in [0.4, 0.5) is 0 Å². The lowest BCUT2D eigenvalue weighted by Gasteiger charge is -2.32. The SMILES string of the molecule is Cc1cccc(CN2CCCC(c3nnc(CN4CCCCC4)n3C)C2)n1. The zero-order chi connectivity index (χ0) is 18.6. The number of nitrogens with zero attached hydrogens (tertiary/aromatic N) is 6. The van der Waals surface area contributed by atoms with Crippen molar-refractivity contribution in [2.45, 2.75) is 58.0 Å². The van der Waals surface area contributed by atoms with Gasteiger partial charge in [0.05, 0.1) is 12.2 Å². The van der Waals surface area contributed by atoms with Crippen LogP contribution in [0.3, 0.4) is 0 Å². The van der Waals surface area contributed by atoms with Gasteiger partial charge in [-0.25, -0.2) is 0 Å². The fourth-order valence-electron chi connectivity index (χ4n) is 4.51. The topological polar surface area (TPSA) is 50.1 Å². The second-order valence-electron chi connectivity index (χ2n) is 8.21. The number of likely N-dealkylation sites (tertiary alicyclic amines) is 2. The van der Waals surface area contributed by atoms with Gasteiger partial charge in [-0.05, 0) is 64.4 Å². The first-order valence-electron chi connectivity index (χ1n) is 10.4. The molecule has 2 fully saturated rings. The maximum Gasteiger partial charge on any atom is 0.146 e. The first-order chi connectivity index (χ1) is 13.2. The van der Waals surface area contributed by atoms with Crippen molar-refractivity contribution in [3.8, 4) is 0 Å². The number of pyridine rings is 1. The first-order valence-corrected chi connectivity index (χ1v) is 10.4. The molecule has 0 aromatic carbocycles. The van der Waals surface area contributed by atoms with Crippen molar-refractivity contribution in [1.82, 2.24) is 29.5 Å². The number of aryl methyl sites for hydroxylation is 1. The maximum atomic E-state index is 4.67. The van der Waals surface area contributed by atoms with Crippen LogP contribution in [-0.2, 0) is 20.1 Å². The molecule has 2 aromatic rings. The molecular formula is C21H32N6. The molecule has 4 rings (SSSR count). The summed E-state index contributed by atoms with van der Waals surface area (Å²) in [5.74, 6) is 2.74. The van der Waals surface area contributed by atoms with Crippen molar-refractivity contribution >= 4 is 0 Å².